The Morgan fingerprint density at radius 2 is 2.00 bits per heavy atom. The molecule has 0 bridgehead atoms. The maximum absolute atomic E-state index is 8.82. The van der Waals surface area contributed by atoms with E-state index in [-0.39, 0.29) is 13.2 Å². The molecule has 0 aromatic rings. The minimum absolute atomic E-state index is 0.238. The summed E-state index contributed by atoms with van der Waals surface area (Å²) < 4.78 is 0. The molecule has 72 valence electrons. The molecule has 2 N–H and O–H groups in total. The molecule has 1 aliphatic heterocycles. The number of β-amino-alcohol motifs (C(OH)–C–C–N with tert-alkyl or cyclic N) is 1. The Balaban J connectivity index is 2.31. The van der Waals surface area contributed by atoms with E-state index < -0.39 is 0 Å². The van der Waals surface area contributed by atoms with Crippen molar-refractivity contribution in [2.75, 3.05) is 26.3 Å². The van der Waals surface area contributed by atoms with Gasteiger partial charge in [-0.15, -0.1) is 0 Å². The van der Waals surface area contributed by atoms with Gasteiger partial charge in [-0.25, -0.2) is 0 Å². The molecule has 3 nitrogen and oxygen atoms in total. The van der Waals surface area contributed by atoms with Crippen molar-refractivity contribution in [3.8, 4) is 0 Å². The van der Waals surface area contributed by atoms with Gasteiger partial charge in [-0.05, 0) is 25.8 Å². The Labute approximate surface area is 74.0 Å². The Morgan fingerprint density at radius 1 is 1.17 bits per heavy atom. The monoisotopic (exact) mass is 173 g/mol. The standard InChI is InChI=1S/C9H19NO2/c11-7-4-9-3-1-2-5-10(9)6-8-12/h9,11-12H,1-8H2/t9-/m1/s1. The minimum Gasteiger partial charge on any atom is -0.396 e. The normalized spacial score (nSPS) is 26.0. The predicted molar refractivity (Wildman–Crippen MR) is 48.0 cm³/mol. The maximum Gasteiger partial charge on any atom is 0.0558 e. The molecular weight excluding hydrogens is 154 g/mol. The van der Waals surface area contributed by atoms with Crippen molar-refractivity contribution in [1.29, 1.82) is 0 Å². The number of hydrogen-bond acceptors (Lipinski definition) is 3. The van der Waals surface area contributed by atoms with E-state index in [1.165, 1.54) is 19.3 Å². The first kappa shape index (κ1) is 9.96. The Morgan fingerprint density at radius 3 is 2.67 bits per heavy atom. The molecule has 0 aromatic carbocycles. The van der Waals surface area contributed by atoms with Crippen LogP contribution in [0.4, 0.5) is 0 Å². The molecule has 0 saturated carbocycles. The number of hydrogen-bond donors (Lipinski definition) is 2. The first-order chi connectivity index (χ1) is 5.88. The van der Waals surface area contributed by atoms with E-state index in [1.807, 2.05) is 0 Å². The molecule has 0 aromatic heterocycles. The summed E-state index contributed by atoms with van der Waals surface area (Å²) in [4.78, 5) is 2.29. The predicted octanol–water partition coefficient (Wildman–Crippen LogP) is 0.216. The van der Waals surface area contributed by atoms with E-state index >= 15 is 0 Å². The molecule has 0 unspecified atom stereocenters. The maximum atomic E-state index is 8.82. The highest BCUT2D eigenvalue weighted by atomic mass is 16.3. The highest BCUT2D eigenvalue weighted by Crippen LogP contribution is 2.18. The second-order valence-electron chi connectivity index (χ2n) is 3.42. The number of likely N-dealkylation sites (tertiary alicyclic amines) is 1. The topological polar surface area (TPSA) is 43.7 Å². The van der Waals surface area contributed by atoms with Crippen LogP contribution in [0.15, 0.2) is 0 Å². The minimum atomic E-state index is 0.238. The fourth-order valence-electron chi connectivity index (χ4n) is 1.96. The second-order valence-corrected chi connectivity index (χ2v) is 3.42. The summed E-state index contributed by atoms with van der Waals surface area (Å²) >= 11 is 0. The number of aliphatic hydroxyl groups excluding tert-OH is 2. The van der Waals surface area contributed by atoms with Gasteiger partial charge in [0.05, 0.1) is 6.61 Å². The molecule has 1 fully saturated rings. The second kappa shape index (κ2) is 5.51. The van der Waals surface area contributed by atoms with Gasteiger partial charge in [0.2, 0.25) is 0 Å². The van der Waals surface area contributed by atoms with Crippen LogP contribution < -0.4 is 0 Å². The molecule has 1 rings (SSSR count). The van der Waals surface area contributed by atoms with Gasteiger partial charge < -0.3 is 10.2 Å². The summed E-state index contributed by atoms with van der Waals surface area (Å²) in [5.41, 5.74) is 0. The fourth-order valence-corrected chi connectivity index (χ4v) is 1.96. The van der Waals surface area contributed by atoms with Crippen LogP contribution in [0.5, 0.6) is 0 Å². The third-order valence-corrected chi connectivity index (χ3v) is 2.60. The van der Waals surface area contributed by atoms with Gasteiger partial charge in [0, 0.05) is 19.2 Å². The van der Waals surface area contributed by atoms with Gasteiger partial charge >= 0.3 is 0 Å². The van der Waals surface area contributed by atoms with E-state index in [1.54, 1.807) is 0 Å². The number of nitrogens with zero attached hydrogens (tertiary/aromatic N) is 1. The van der Waals surface area contributed by atoms with Crippen LogP contribution in [0, 0.1) is 0 Å². The van der Waals surface area contributed by atoms with Gasteiger partial charge in [0.15, 0.2) is 0 Å². The molecule has 0 radical (unpaired) electrons. The zero-order chi connectivity index (χ0) is 8.81. The van der Waals surface area contributed by atoms with Crippen molar-refractivity contribution < 1.29 is 10.2 Å². The average Bonchev–Trinajstić information content (AvgIpc) is 2.09. The van der Waals surface area contributed by atoms with Crippen molar-refractivity contribution in [3.05, 3.63) is 0 Å². The lowest BCUT2D eigenvalue weighted by Gasteiger charge is -2.34. The molecule has 3 heteroatoms. The lowest BCUT2D eigenvalue weighted by atomic mass is 10.00. The lowest BCUT2D eigenvalue weighted by Crippen LogP contribution is -2.41. The molecule has 1 atom stereocenters. The zero-order valence-electron chi connectivity index (χ0n) is 7.58. The van der Waals surface area contributed by atoms with Crippen molar-refractivity contribution >= 4 is 0 Å². The van der Waals surface area contributed by atoms with E-state index in [2.05, 4.69) is 4.90 Å². The third-order valence-electron chi connectivity index (χ3n) is 2.60. The largest absolute Gasteiger partial charge is 0.396 e. The highest BCUT2D eigenvalue weighted by Gasteiger charge is 2.20. The van der Waals surface area contributed by atoms with Crippen molar-refractivity contribution in [1.82, 2.24) is 4.90 Å². The quantitative estimate of drug-likeness (QED) is 0.639. The summed E-state index contributed by atoms with van der Waals surface area (Å²) in [5.74, 6) is 0. The van der Waals surface area contributed by atoms with Crippen molar-refractivity contribution in [2.45, 2.75) is 31.7 Å². The number of rotatable bonds is 4. The molecule has 1 saturated heterocycles. The summed E-state index contributed by atoms with van der Waals surface area (Å²) in [5, 5.41) is 17.6. The molecule has 1 heterocycles. The molecule has 12 heavy (non-hydrogen) atoms. The van der Waals surface area contributed by atoms with Gasteiger partial charge in [-0.2, -0.15) is 0 Å². The van der Waals surface area contributed by atoms with Crippen LogP contribution in [-0.2, 0) is 0 Å². The Kier molecular flexibility index (Phi) is 4.58. The lowest BCUT2D eigenvalue weighted by molar-refractivity contribution is 0.0969. The van der Waals surface area contributed by atoms with Gasteiger partial charge in [0.25, 0.3) is 0 Å². The van der Waals surface area contributed by atoms with Gasteiger partial charge in [-0.1, -0.05) is 6.42 Å². The van der Waals surface area contributed by atoms with Crippen molar-refractivity contribution in [3.63, 3.8) is 0 Å². The van der Waals surface area contributed by atoms with E-state index in [9.17, 15) is 0 Å². The van der Waals surface area contributed by atoms with E-state index in [0.29, 0.717) is 6.04 Å². The fraction of sp³-hybridized carbons (Fsp3) is 1.00. The first-order valence-corrected chi connectivity index (χ1v) is 4.84. The van der Waals surface area contributed by atoms with Crippen LogP contribution in [-0.4, -0.2) is 47.5 Å². The molecule has 0 amide bonds. The zero-order valence-corrected chi connectivity index (χ0v) is 7.58. The third kappa shape index (κ3) is 2.73. The Hall–Kier alpha value is -0.120. The average molecular weight is 173 g/mol. The van der Waals surface area contributed by atoms with Crippen LogP contribution in [0.2, 0.25) is 0 Å². The summed E-state index contributed by atoms with van der Waals surface area (Å²) in [6.45, 7) is 2.37. The molecule has 0 aliphatic carbocycles. The first-order valence-electron chi connectivity index (χ1n) is 4.84. The van der Waals surface area contributed by atoms with Crippen LogP contribution in [0.25, 0.3) is 0 Å². The van der Waals surface area contributed by atoms with Gasteiger partial charge in [-0.3, -0.25) is 4.90 Å². The van der Waals surface area contributed by atoms with Crippen LogP contribution >= 0.6 is 0 Å². The van der Waals surface area contributed by atoms with Crippen molar-refractivity contribution in [2.24, 2.45) is 0 Å². The summed E-state index contributed by atoms with van der Waals surface area (Å²) in [6.07, 6.45) is 4.55. The molecular formula is C9H19NO2. The Bertz CT molecular complexity index is 101. The number of piperidine rings is 1. The van der Waals surface area contributed by atoms with E-state index in [0.717, 1.165) is 19.5 Å². The van der Waals surface area contributed by atoms with Crippen LogP contribution in [0.1, 0.15) is 25.7 Å². The molecule has 0 spiro atoms. The van der Waals surface area contributed by atoms with Crippen LogP contribution in [0.3, 0.4) is 0 Å². The summed E-state index contributed by atoms with van der Waals surface area (Å²) in [6, 6.07) is 0.510. The SMILES string of the molecule is OCC[C@H]1CCCCN1CCO. The number of aliphatic hydroxyl groups is 2. The summed E-state index contributed by atoms with van der Waals surface area (Å²) in [7, 11) is 0. The van der Waals surface area contributed by atoms with Gasteiger partial charge in [0.1, 0.15) is 0 Å². The van der Waals surface area contributed by atoms with E-state index in [4.69, 9.17) is 10.2 Å². The smallest absolute Gasteiger partial charge is 0.0558 e. The molecule has 1 aliphatic rings. The highest BCUT2D eigenvalue weighted by molar-refractivity contribution is 4.76.